The third kappa shape index (κ3) is 5.02. The van der Waals surface area contributed by atoms with Crippen LogP contribution in [-0.2, 0) is 10.1 Å². The molecule has 27 heavy (non-hydrogen) atoms. The van der Waals surface area contributed by atoms with E-state index in [0.717, 1.165) is 11.6 Å². The van der Waals surface area contributed by atoms with E-state index in [2.05, 4.69) is 16.6 Å². The van der Waals surface area contributed by atoms with E-state index in [-0.39, 0.29) is 16.8 Å². The number of nitrogens with zero attached hydrogens (tertiary/aromatic N) is 3. The first-order chi connectivity index (χ1) is 12.9. The van der Waals surface area contributed by atoms with E-state index in [1.54, 1.807) is 12.2 Å². The van der Waals surface area contributed by atoms with E-state index in [4.69, 9.17) is 5.53 Å². The average molecular weight is 381 g/mol. The zero-order valence-electron chi connectivity index (χ0n) is 14.1. The van der Waals surface area contributed by atoms with Gasteiger partial charge in [-0.3, -0.25) is 9.35 Å². The molecule has 0 aliphatic carbocycles. The number of azide groups is 1. The summed E-state index contributed by atoms with van der Waals surface area (Å²) >= 11 is 0. The zero-order chi connectivity index (χ0) is 19.9. The molecular weight excluding hydrogens is 366 g/mol. The molecule has 0 saturated carbocycles. The largest absolute Gasteiger partial charge is 0.295 e. The minimum absolute atomic E-state index is 0.0652. The molecule has 2 rings (SSSR count). The lowest BCUT2D eigenvalue weighted by molar-refractivity contribution is 0.104. The molecule has 8 heteroatoms. The highest BCUT2D eigenvalue weighted by Crippen LogP contribution is 2.31. The Morgan fingerprint density at radius 3 is 2.44 bits per heavy atom. The van der Waals surface area contributed by atoms with Crippen LogP contribution in [-0.4, -0.2) is 18.8 Å². The molecular formula is C19H15N3O4S. The van der Waals surface area contributed by atoms with Crippen LogP contribution in [0.5, 0.6) is 0 Å². The van der Waals surface area contributed by atoms with Crippen molar-refractivity contribution in [3.63, 3.8) is 0 Å². The Balaban J connectivity index is 2.43. The number of carbonyl (C=O) groups excluding carboxylic acids is 1. The van der Waals surface area contributed by atoms with Gasteiger partial charge in [-0.2, -0.15) is 8.42 Å². The average Bonchev–Trinajstić information content (AvgIpc) is 2.65. The van der Waals surface area contributed by atoms with Gasteiger partial charge in [-0.05, 0) is 23.2 Å². The van der Waals surface area contributed by atoms with Gasteiger partial charge in [-0.1, -0.05) is 72.4 Å². The van der Waals surface area contributed by atoms with E-state index in [0.29, 0.717) is 0 Å². The quantitative estimate of drug-likeness (QED) is 0.138. The first kappa shape index (κ1) is 19.9. The van der Waals surface area contributed by atoms with Crippen molar-refractivity contribution in [3.8, 4) is 0 Å². The van der Waals surface area contributed by atoms with Gasteiger partial charge in [0, 0.05) is 21.7 Å². The maximum absolute atomic E-state index is 12.4. The van der Waals surface area contributed by atoms with Gasteiger partial charge in [0.2, 0.25) is 0 Å². The molecule has 136 valence electrons. The SMILES string of the molecule is C=Cc1c(N=[N+]=[N-])ccc(C(=O)/C=C/C=C/c2ccccc2)c1S(=O)(=O)O. The van der Waals surface area contributed by atoms with Gasteiger partial charge in [0.15, 0.2) is 5.78 Å². The summed E-state index contributed by atoms with van der Waals surface area (Å²) in [6.07, 6.45) is 7.13. The summed E-state index contributed by atoms with van der Waals surface area (Å²) in [5.41, 5.74) is 9.04. The fourth-order valence-corrected chi connectivity index (χ4v) is 3.27. The van der Waals surface area contributed by atoms with Crippen molar-refractivity contribution in [3.05, 3.63) is 94.4 Å². The van der Waals surface area contributed by atoms with Crippen molar-refractivity contribution in [1.29, 1.82) is 0 Å². The van der Waals surface area contributed by atoms with E-state index in [9.17, 15) is 17.8 Å². The van der Waals surface area contributed by atoms with Crippen LogP contribution in [0.2, 0.25) is 0 Å². The first-order valence-electron chi connectivity index (χ1n) is 7.64. The van der Waals surface area contributed by atoms with Gasteiger partial charge in [0.25, 0.3) is 10.1 Å². The molecule has 7 nitrogen and oxygen atoms in total. The number of allylic oxidation sites excluding steroid dienone is 3. The standard InChI is InChI=1S/C19H15N3O4S/c1-2-15-17(21-22-20)13-12-16(19(15)27(24,25)26)18(23)11-7-6-10-14-8-4-3-5-9-14/h2-13H,1H2,(H,24,25,26)/b10-6+,11-7+. The lowest BCUT2D eigenvalue weighted by Crippen LogP contribution is -2.09. The Morgan fingerprint density at radius 1 is 1.15 bits per heavy atom. The first-order valence-corrected chi connectivity index (χ1v) is 9.08. The molecule has 2 aromatic carbocycles. The van der Waals surface area contributed by atoms with Gasteiger partial charge in [-0.15, -0.1) is 0 Å². The molecule has 0 spiro atoms. The number of hydrogen-bond donors (Lipinski definition) is 1. The monoisotopic (exact) mass is 381 g/mol. The fourth-order valence-electron chi connectivity index (χ4n) is 2.36. The fraction of sp³-hybridized carbons (Fsp3) is 0. The molecule has 0 aliphatic rings. The highest BCUT2D eigenvalue weighted by atomic mass is 32.2. The number of benzene rings is 2. The van der Waals surface area contributed by atoms with Crippen LogP contribution in [0.25, 0.3) is 22.6 Å². The lowest BCUT2D eigenvalue weighted by Gasteiger charge is -2.10. The molecule has 1 N–H and O–H groups in total. The van der Waals surface area contributed by atoms with Crippen molar-refractivity contribution in [2.45, 2.75) is 4.90 Å². The maximum atomic E-state index is 12.4. The Kier molecular flexibility index (Phi) is 6.46. The second kappa shape index (κ2) is 8.77. The van der Waals surface area contributed by atoms with Gasteiger partial charge in [0.05, 0.1) is 0 Å². The zero-order valence-corrected chi connectivity index (χ0v) is 14.9. The third-order valence-electron chi connectivity index (χ3n) is 3.50. The number of ketones is 1. The molecule has 0 aromatic heterocycles. The molecule has 0 saturated heterocycles. The van der Waals surface area contributed by atoms with Gasteiger partial charge in [-0.25, -0.2) is 0 Å². The van der Waals surface area contributed by atoms with E-state index >= 15 is 0 Å². The number of hydrogen-bond acceptors (Lipinski definition) is 4. The van der Waals surface area contributed by atoms with Crippen LogP contribution < -0.4 is 0 Å². The molecule has 0 bridgehead atoms. The molecule has 0 unspecified atom stereocenters. The minimum atomic E-state index is -4.76. The predicted octanol–water partition coefficient (Wildman–Crippen LogP) is 4.97. The smallest absolute Gasteiger partial charge is 0.289 e. The summed E-state index contributed by atoms with van der Waals surface area (Å²) in [5, 5.41) is 3.35. The molecule has 0 fully saturated rings. The van der Waals surface area contributed by atoms with E-state index in [1.807, 2.05) is 30.3 Å². The number of rotatable bonds is 7. The van der Waals surface area contributed by atoms with Gasteiger partial charge in [0.1, 0.15) is 4.90 Å². The highest BCUT2D eigenvalue weighted by Gasteiger charge is 2.24. The van der Waals surface area contributed by atoms with Crippen LogP contribution in [0.15, 0.2) is 77.3 Å². The Bertz CT molecular complexity index is 1080. The Hall–Kier alpha value is -3.45. The molecule has 0 aliphatic heterocycles. The van der Waals surface area contributed by atoms with Gasteiger partial charge >= 0.3 is 0 Å². The topological polar surface area (TPSA) is 120 Å². The second-order valence-electron chi connectivity index (χ2n) is 5.24. The number of carbonyl (C=O) groups is 1. The van der Waals surface area contributed by atoms with Crippen LogP contribution >= 0.6 is 0 Å². The molecule has 0 amide bonds. The van der Waals surface area contributed by atoms with Crippen LogP contribution in [0.4, 0.5) is 5.69 Å². The summed E-state index contributed by atoms with van der Waals surface area (Å²) < 4.78 is 33.1. The third-order valence-corrected chi connectivity index (χ3v) is 4.46. The summed E-state index contributed by atoms with van der Waals surface area (Å²) in [4.78, 5) is 14.4. The normalized spacial score (nSPS) is 11.4. The van der Waals surface area contributed by atoms with Crippen LogP contribution in [0.3, 0.4) is 0 Å². The molecule has 2 aromatic rings. The lowest BCUT2D eigenvalue weighted by atomic mass is 10.0. The summed E-state index contributed by atoms with van der Waals surface area (Å²) in [7, 11) is -4.76. The highest BCUT2D eigenvalue weighted by molar-refractivity contribution is 7.86. The summed E-state index contributed by atoms with van der Waals surface area (Å²) in [5.74, 6) is -0.643. The van der Waals surface area contributed by atoms with E-state index in [1.165, 1.54) is 24.3 Å². The predicted molar refractivity (Wildman–Crippen MR) is 104 cm³/mol. The van der Waals surface area contributed by atoms with Gasteiger partial charge < -0.3 is 0 Å². The molecule has 0 radical (unpaired) electrons. The van der Waals surface area contributed by atoms with Crippen LogP contribution in [0.1, 0.15) is 21.5 Å². The minimum Gasteiger partial charge on any atom is -0.289 e. The summed E-state index contributed by atoms with van der Waals surface area (Å²) in [6, 6.07) is 11.8. The van der Waals surface area contributed by atoms with Crippen molar-refractivity contribution in [1.82, 2.24) is 0 Å². The maximum Gasteiger partial charge on any atom is 0.295 e. The molecule has 0 atom stereocenters. The van der Waals surface area contributed by atoms with Crippen LogP contribution in [0, 0.1) is 0 Å². The summed E-state index contributed by atoms with van der Waals surface area (Å²) in [6.45, 7) is 3.46. The van der Waals surface area contributed by atoms with Crippen molar-refractivity contribution < 1.29 is 17.8 Å². The van der Waals surface area contributed by atoms with Crippen molar-refractivity contribution >= 4 is 33.7 Å². The van der Waals surface area contributed by atoms with E-state index < -0.39 is 20.8 Å². The van der Waals surface area contributed by atoms with Crippen molar-refractivity contribution in [2.24, 2.45) is 5.11 Å². The Morgan fingerprint density at radius 2 is 1.85 bits per heavy atom. The molecule has 0 heterocycles. The Labute approximate surface area is 156 Å². The van der Waals surface area contributed by atoms with Crippen molar-refractivity contribution in [2.75, 3.05) is 0 Å². The second-order valence-corrected chi connectivity index (χ2v) is 6.60.